The van der Waals surface area contributed by atoms with Crippen LogP contribution in [0.5, 0.6) is 0 Å². The van der Waals surface area contributed by atoms with E-state index >= 15 is 0 Å². The number of piperazine rings is 1. The summed E-state index contributed by atoms with van der Waals surface area (Å²) in [6.45, 7) is 4.05. The quantitative estimate of drug-likeness (QED) is 0.843. The maximum Gasteiger partial charge on any atom is 0.0334 e. The average Bonchev–Trinajstić information content (AvgIpc) is 3.26. The second-order valence-corrected chi connectivity index (χ2v) is 8.49. The van der Waals surface area contributed by atoms with Gasteiger partial charge < -0.3 is 5.32 Å². The van der Waals surface area contributed by atoms with Crippen LogP contribution in [0.1, 0.15) is 77.0 Å². The lowest BCUT2D eigenvalue weighted by atomic mass is 9.80. The van der Waals surface area contributed by atoms with Gasteiger partial charge in [0.1, 0.15) is 0 Å². The van der Waals surface area contributed by atoms with Crippen LogP contribution in [0.25, 0.3) is 0 Å². The maximum atomic E-state index is 4.01. The molecule has 1 aliphatic heterocycles. The summed E-state index contributed by atoms with van der Waals surface area (Å²) in [5.74, 6) is 2.06. The molecule has 0 radical (unpaired) electrons. The molecule has 1 atom stereocenters. The molecule has 1 N–H and O–H groups in total. The van der Waals surface area contributed by atoms with E-state index in [1.165, 1.54) is 96.7 Å². The van der Waals surface area contributed by atoms with Gasteiger partial charge in [0.2, 0.25) is 0 Å². The molecule has 120 valence electrons. The zero-order valence-corrected chi connectivity index (χ0v) is 13.8. The predicted molar refractivity (Wildman–Crippen MR) is 88.5 cm³/mol. The van der Waals surface area contributed by atoms with E-state index < -0.39 is 0 Å². The highest BCUT2D eigenvalue weighted by molar-refractivity contribution is 5.03. The summed E-state index contributed by atoms with van der Waals surface area (Å²) < 4.78 is 0. The summed E-state index contributed by atoms with van der Waals surface area (Å²) in [5.41, 5.74) is 0.556. The van der Waals surface area contributed by atoms with Gasteiger partial charge in [-0.2, -0.15) is 0 Å². The first-order valence-corrected chi connectivity index (χ1v) is 9.84. The lowest BCUT2D eigenvalue weighted by Crippen LogP contribution is -2.65. The van der Waals surface area contributed by atoms with Crippen LogP contribution < -0.4 is 5.32 Å². The van der Waals surface area contributed by atoms with Crippen molar-refractivity contribution in [2.24, 2.45) is 11.8 Å². The fourth-order valence-electron chi connectivity index (χ4n) is 5.38. The molecule has 3 aliphatic carbocycles. The Labute approximate surface area is 131 Å². The Hall–Kier alpha value is -0.0800. The minimum atomic E-state index is 0.556. The molecular formula is C19H34N2. The van der Waals surface area contributed by atoms with Crippen molar-refractivity contribution in [1.29, 1.82) is 0 Å². The van der Waals surface area contributed by atoms with Crippen molar-refractivity contribution >= 4 is 0 Å². The van der Waals surface area contributed by atoms with Crippen molar-refractivity contribution in [2.75, 3.05) is 19.6 Å². The summed E-state index contributed by atoms with van der Waals surface area (Å²) in [7, 11) is 0. The Morgan fingerprint density at radius 2 is 1.67 bits per heavy atom. The Bertz CT molecular complexity index is 337. The van der Waals surface area contributed by atoms with Crippen LogP contribution in [0.3, 0.4) is 0 Å². The monoisotopic (exact) mass is 290 g/mol. The van der Waals surface area contributed by atoms with Gasteiger partial charge in [-0.25, -0.2) is 0 Å². The zero-order valence-electron chi connectivity index (χ0n) is 13.8. The number of hydrogen-bond acceptors (Lipinski definition) is 2. The normalized spacial score (nSPS) is 34.6. The van der Waals surface area contributed by atoms with Crippen molar-refractivity contribution < 1.29 is 0 Å². The van der Waals surface area contributed by atoms with Crippen molar-refractivity contribution in [2.45, 2.75) is 88.6 Å². The molecule has 4 aliphatic rings. The maximum absolute atomic E-state index is 4.01. The fourth-order valence-corrected chi connectivity index (χ4v) is 5.38. The Kier molecular flexibility index (Phi) is 4.28. The van der Waals surface area contributed by atoms with Crippen molar-refractivity contribution in [3.63, 3.8) is 0 Å². The molecule has 0 aromatic rings. The molecule has 1 saturated heterocycles. The molecule has 2 nitrogen and oxygen atoms in total. The van der Waals surface area contributed by atoms with Crippen LogP contribution >= 0.6 is 0 Å². The summed E-state index contributed by atoms with van der Waals surface area (Å²) >= 11 is 0. The highest BCUT2D eigenvalue weighted by Crippen LogP contribution is 2.40. The molecule has 4 rings (SSSR count). The third kappa shape index (κ3) is 3.17. The van der Waals surface area contributed by atoms with Gasteiger partial charge in [0, 0.05) is 24.7 Å². The molecule has 1 heterocycles. The second-order valence-electron chi connectivity index (χ2n) is 8.49. The topological polar surface area (TPSA) is 15.3 Å². The van der Waals surface area contributed by atoms with Crippen LogP contribution in [-0.2, 0) is 0 Å². The number of nitrogens with zero attached hydrogens (tertiary/aromatic N) is 1. The largest absolute Gasteiger partial charge is 0.311 e. The Balaban J connectivity index is 1.41. The van der Waals surface area contributed by atoms with E-state index in [-0.39, 0.29) is 0 Å². The summed E-state index contributed by atoms with van der Waals surface area (Å²) in [6, 6.07) is 0.802. The molecule has 0 aromatic carbocycles. The molecule has 21 heavy (non-hydrogen) atoms. The first kappa shape index (κ1) is 14.5. The van der Waals surface area contributed by atoms with Crippen molar-refractivity contribution in [1.82, 2.24) is 10.2 Å². The molecule has 0 bridgehead atoms. The minimum absolute atomic E-state index is 0.556. The third-order valence-electron chi connectivity index (χ3n) is 7.04. The molecule has 1 unspecified atom stereocenters. The van der Waals surface area contributed by atoms with E-state index in [0.717, 1.165) is 17.9 Å². The number of hydrogen-bond donors (Lipinski definition) is 1. The minimum Gasteiger partial charge on any atom is -0.311 e. The van der Waals surface area contributed by atoms with E-state index in [0.29, 0.717) is 5.54 Å². The summed E-state index contributed by atoms with van der Waals surface area (Å²) in [5, 5.41) is 4.01. The van der Waals surface area contributed by atoms with Gasteiger partial charge >= 0.3 is 0 Å². The molecule has 3 saturated carbocycles. The van der Waals surface area contributed by atoms with Gasteiger partial charge in [-0.15, -0.1) is 0 Å². The van der Waals surface area contributed by atoms with Gasteiger partial charge in [0.25, 0.3) is 0 Å². The lowest BCUT2D eigenvalue weighted by Gasteiger charge is -2.50. The first-order chi connectivity index (χ1) is 10.4. The highest BCUT2D eigenvalue weighted by Gasteiger charge is 2.44. The van der Waals surface area contributed by atoms with E-state index in [4.69, 9.17) is 0 Å². The van der Waals surface area contributed by atoms with E-state index in [1.54, 1.807) is 0 Å². The SMILES string of the molecule is C1CCC(C2CN(CCC3CC3)C3(CCCC3)CN2)CC1. The molecular weight excluding hydrogens is 256 g/mol. The Morgan fingerprint density at radius 3 is 2.38 bits per heavy atom. The van der Waals surface area contributed by atoms with Crippen LogP contribution in [0.2, 0.25) is 0 Å². The van der Waals surface area contributed by atoms with Gasteiger partial charge in [0.05, 0.1) is 0 Å². The van der Waals surface area contributed by atoms with E-state index in [2.05, 4.69) is 10.2 Å². The molecule has 0 amide bonds. The zero-order chi connectivity index (χ0) is 14.1. The highest BCUT2D eigenvalue weighted by atomic mass is 15.3. The first-order valence-electron chi connectivity index (χ1n) is 9.84. The molecule has 0 aromatic heterocycles. The van der Waals surface area contributed by atoms with Gasteiger partial charge in [-0.05, 0) is 50.5 Å². The van der Waals surface area contributed by atoms with Crippen molar-refractivity contribution in [3.05, 3.63) is 0 Å². The Morgan fingerprint density at radius 1 is 0.905 bits per heavy atom. The third-order valence-corrected chi connectivity index (χ3v) is 7.04. The van der Waals surface area contributed by atoms with Crippen LogP contribution in [0, 0.1) is 11.8 Å². The standard InChI is InChI=1S/C19H34N2/c1-2-6-17(7-3-1)18-14-21(13-10-16-8-9-16)19(15-20-18)11-4-5-12-19/h16-18,20H,1-15H2. The smallest absolute Gasteiger partial charge is 0.0334 e. The molecule has 2 heteroatoms. The lowest BCUT2D eigenvalue weighted by molar-refractivity contribution is 0.0225. The van der Waals surface area contributed by atoms with E-state index in [1.807, 2.05) is 0 Å². The summed E-state index contributed by atoms with van der Waals surface area (Å²) in [4.78, 5) is 2.97. The number of nitrogens with one attached hydrogen (secondary N) is 1. The number of rotatable bonds is 4. The van der Waals surface area contributed by atoms with Crippen LogP contribution in [-0.4, -0.2) is 36.1 Å². The average molecular weight is 290 g/mol. The molecule has 1 spiro atoms. The van der Waals surface area contributed by atoms with E-state index in [9.17, 15) is 0 Å². The molecule has 4 fully saturated rings. The van der Waals surface area contributed by atoms with Crippen LogP contribution in [0.4, 0.5) is 0 Å². The predicted octanol–water partition coefficient (Wildman–Crippen LogP) is 3.95. The second kappa shape index (κ2) is 6.20. The van der Waals surface area contributed by atoms with Crippen LogP contribution in [0.15, 0.2) is 0 Å². The fraction of sp³-hybridized carbons (Fsp3) is 1.00. The van der Waals surface area contributed by atoms with Gasteiger partial charge in [-0.1, -0.05) is 44.9 Å². The summed E-state index contributed by atoms with van der Waals surface area (Å²) in [6.07, 6.45) is 17.8. The van der Waals surface area contributed by atoms with Gasteiger partial charge in [0.15, 0.2) is 0 Å². The van der Waals surface area contributed by atoms with Crippen molar-refractivity contribution in [3.8, 4) is 0 Å². The van der Waals surface area contributed by atoms with Gasteiger partial charge in [-0.3, -0.25) is 4.90 Å².